The first-order valence-electron chi connectivity index (χ1n) is 11.7. The van der Waals surface area contributed by atoms with Crippen molar-refractivity contribution in [2.45, 2.75) is 25.8 Å². The fourth-order valence-corrected chi connectivity index (χ4v) is 4.24. The van der Waals surface area contributed by atoms with Gasteiger partial charge >= 0.3 is 0 Å². The maximum atomic E-state index is 14.4. The molecule has 1 unspecified atom stereocenters. The van der Waals surface area contributed by atoms with Gasteiger partial charge in [0.05, 0.1) is 22.8 Å². The van der Waals surface area contributed by atoms with E-state index in [4.69, 9.17) is 10.7 Å². The highest BCUT2D eigenvalue weighted by molar-refractivity contribution is 6.12. The predicted molar refractivity (Wildman–Crippen MR) is 135 cm³/mol. The van der Waals surface area contributed by atoms with Crippen LogP contribution in [-0.2, 0) is 0 Å². The molecule has 2 aromatic heterocycles. The second-order valence-electron chi connectivity index (χ2n) is 8.89. The van der Waals surface area contributed by atoms with Gasteiger partial charge in [-0.3, -0.25) is 4.79 Å². The minimum atomic E-state index is -0.494. The van der Waals surface area contributed by atoms with Crippen molar-refractivity contribution in [1.82, 2.24) is 20.3 Å². The molecule has 9 heteroatoms. The Labute approximate surface area is 207 Å². The van der Waals surface area contributed by atoms with E-state index in [0.29, 0.717) is 40.2 Å². The van der Waals surface area contributed by atoms with Crippen LogP contribution in [0.1, 0.15) is 47.4 Å². The number of halogens is 1. The van der Waals surface area contributed by atoms with Crippen LogP contribution in [0.15, 0.2) is 54.9 Å². The van der Waals surface area contributed by atoms with Crippen LogP contribution in [0.4, 0.5) is 16.0 Å². The molecule has 1 atom stereocenters. The monoisotopic (exact) mass is 481 g/mol. The third kappa shape index (κ3) is 4.53. The van der Waals surface area contributed by atoms with Crippen molar-refractivity contribution in [3.05, 3.63) is 77.5 Å². The van der Waals surface area contributed by atoms with Crippen LogP contribution >= 0.6 is 0 Å². The summed E-state index contributed by atoms with van der Waals surface area (Å²) in [7, 11) is 0. The molecule has 0 radical (unpaired) electrons. The van der Waals surface area contributed by atoms with Crippen molar-refractivity contribution < 1.29 is 9.18 Å². The van der Waals surface area contributed by atoms with E-state index in [2.05, 4.69) is 20.6 Å². The van der Waals surface area contributed by atoms with Gasteiger partial charge in [-0.25, -0.2) is 19.3 Å². The largest absolute Gasteiger partial charge is 0.382 e. The summed E-state index contributed by atoms with van der Waals surface area (Å²) >= 11 is 0. The second kappa shape index (κ2) is 9.58. The number of nitrogens with two attached hydrogens (primary N) is 1. The number of benzene rings is 2. The first kappa shape index (κ1) is 23.2. The number of hydrogen-bond donors (Lipinski definition) is 3. The highest BCUT2D eigenvalue weighted by atomic mass is 19.1. The van der Waals surface area contributed by atoms with Gasteiger partial charge in [-0.05, 0) is 49.4 Å². The first-order chi connectivity index (χ1) is 17.5. The summed E-state index contributed by atoms with van der Waals surface area (Å²) in [6, 6.07) is 15.2. The zero-order valence-electron chi connectivity index (χ0n) is 19.6. The minimum absolute atomic E-state index is 0.0626. The molecule has 5 rings (SSSR count). The Hall–Kier alpha value is -4.58. The van der Waals surface area contributed by atoms with Crippen LogP contribution in [-0.4, -0.2) is 27.4 Å². The van der Waals surface area contributed by atoms with Crippen molar-refractivity contribution in [3.8, 4) is 17.2 Å². The normalized spacial score (nSPS) is 13.7. The molecule has 4 aromatic rings. The number of aromatic nitrogens is 3. The van der Waals surface area contributed by atoms with E-state index in [9.17, 15) is 14.4 Å². The number of carbonyl (C=O) groups is 1. The fourth-order valence-electron chi connectivity index (χ4n) is 4.24. The van der Waals surface area contributed by atoms with Crippen LogP contribution in [0.25, 0.3) is 22.0 Å². The third-order valence-electron chi connectivity index (χ3n) is 6.26. The molecule has 0 spiro atoms. The molecule has 1 fully saturated rings. The van der Waals surface area contributed by atoms with E-state index in [1.54, 1.807) is 6.07 Å². The molecule has 2 heterocycles. The Bertz CT molecular complexity index is 1500. The lowest BCUT2D eigenvalue weighted by molar-refractivity contribution is 0.0954. The van der Waals surface area contributed by atoms with Gasteiger partial charge in [-0.1, -0.05) is 30.3 Å². The second-order valence-corrected chi connectivity index (χ2v) is 8.89. The number of amides is 1. The summed E-state index contributed by atoms with van der Waals surface area (Å²) in [5, 5.41) is 16.2. The summed E-state index contributed by atoms with van der Waals surface area (Å²) in [6.45, 7) is 2.43. The summed E-state index contributed by atoms with van der Waals surface area (Å²) < 4.78 is 14.4. The van der Waals surface area contributed by atoms with Crippen molar-refractivity contribution in [1.29, 1.82) is 5.26 Å². The summed E-state index contributed by atoms with van der Waals surface area (Å²) in [5.41, 5.74) is 8.73. The SMILES string of the molecule is CC(Nc1ncnc(N)c1C#N)c1nc2ccc(F)cc2c(C(=O)NCC2CC2)c1-c1ccccc1. The number of hydrogen-bond acceptors (Lipinski definition) is 7. The third-order valence-corrected chi connectivity index (χ3v) is 6.26. The molecule has 1 aliphatic carbocycles. The van der Waals surface area contributed by atoms with E-state index in [1.807, 2.05) is 43.3 Å². The molecular formula is C27H24FN7O. The first-order valence-corrected chi connectivity index (χ1v) is 11.7. The van der Waals surface area contributed by atoms with Gasteiger partial charge in [-0.15, -0.1) is 0 Å². The van der Waals surface area contributed by atoms with Crippen molar-refractivity contribution in [2.24, 2.45) is 5.92 Å². The van der Waals surface area contributed by atoms with Crippen molar-refractivity contribution >= 4 is 28.4 Å². The smallest absolute Gasteiger partial charge is 0.252 e. The van der Waals surface area contributed by atoms with Gasteiger partial charge in [0.25, 0.3) is 5.91 Å². The van der Waals surface area contributed by atoms with E-state index in [1.165, 1.54) is 18.5 Å². The Morgan fingerprint density at radius 3 is 2.72 bits per heavy atom. The molecule has 0 bridgehead atoms. The van der Waals surface area contributed by atoms with E-state index >= 15 is 0 Å². The van der Waals surface area contributed by atoms with Gasteiger partial charge in [-0.2, -0.15) is 5.26 Å². The van der Waals surface area contributed by atoms with E-state index < -0.39 is 11.9 Å². The molecule has 1 amide bonds. The number of pyridine rings is 1. The quantitative estimate of drug-likeness (QED) is 0.352. The number of anilines is 2. The zero-order valence-corrected chi connectivity index (χ0v) is 19.6. The number of carbonyl (C=O) groups excluding carboxylic acids is 1. The molecule has 8 nitrogen and oxygen atoms in total. The fraction of sp³-hybridized carbons (Fsp3) is 0.222. The highest BCUT2D eigenvalue weighted by Gasteiger charge is 2.28. The van der Waals surface area contributed by atoms with Gasteiger partial charge < -0.3 is 16.4 Å². The number of rotatable bonds is 7. The topological polar surface area (TPSA) is 130 Å². The lowest BCUT2D eigenvalue weighted by Gasteiger charge is -2.22. The van der Waals surface area contributed by atoms with Gasteiger partial charge in [0.15, 0.2) is 0 Å². The molecular weight excluding hydrogens is 457 g/mol. The summed E-state index contributed by atoms with van der Waals surface area (Å²) in [6.07, 6.45) is 3.46. The minimum Gasteiger partial charge on any atom is -0.382 e. The van der Waals surface area contributed by atoms with Crippen LogP contribution < -0.4 is 16.4 Å². The standard InChI is InChI=1S/C27H24FN7O/c1-15(34-26-20(12-29)25(30)32-14-33-26)24-22(17-5-3-2-4-6-17)23(27(36)31-13-16-7-8-16)19-11-18(28)9-10-21(19)35-24/h2-6,9-11,14-16H,7-8,13H2,1H3,(H,31,36)(H3,30,32,33,34). The van der Waals surface area contributed by atoms with Crippen LogP contribution in [0.2, 0.25) is 0 Å². The molecule has 1 aliphatic rings. The lowest BCUT2D eigenvalue weighted by Crippen LogP contribution is -2.27. The summed E-state index contributed by atoms with van der Waals surface area (Å²) in [5.74, 6) is 0.0706. The van der Waals surface area contributed by atoms with Crippen molar-refractivity contribution in [3.63, 3.8) is 0 Å². The molecule has 0 aliphatic heterocycles. The van der Waals surface area contributed by atoms with Crippen LogP contribution in [0.5, 0.6) is 0 Å². The van der Waals surface area contributed by atoms with Gasteiger partial charge in [0.1, 0.15) is 35.4 Å². The number of nitrogen functional groups attached to an aromatic ring is 1. The Morgan fingerprint density at radius 1 is 1.22 bits per heavy atom. The molecule has 2 aromatic carbocycles. The number of nitriles is 1. The van der Waals surface area contributed by atoms with Gasteiger partial charge in [0.2, 0.25) is 0 Å². The molecule has 0 saturated heterocycles. The highest BCUT2D eigenvalue weighted by Crippen LogP contribution is 2.37. The molecule has 1 saturated carbocycles. The number of nitrogens with zero attached hydrogens (tertiary/aromatic N) is 4. The van der Waals surface area contributed by atoms with E-state index in [0.717, 1.165) is 18.4 Å². The van der Waals surface area contributed by atoms with Crippen LogP contribution in [0, 0.1) is 23.1 Å². The van der Waals surface area contributed by atoms with Crippen molar-refractivity contribution in [2.75, 3.05) is 17.6 Å². The maximum Gasteiger partial charge on any atom is 0.252 e. The Morgan fingerprint density at radius 2 is 2.00 bits per heavy atom. The van der Waals surface area contributed by atoms with E-state index in [-0.39, 0.29) is 23.1 Å². The Kier molecular flexibility index (Phi) is 6.17. The van der Waals surface area contributed by atoms with Gasteiger partial charge in [0, 0.05) is 17.5 Å². The van der Waals surface area contributed by atoms with Crippen LogP contribution in [0.3, 0.4) is 0 Å². The zero-order chi connectivity index (χ0) is 25.2. The molecule has 180 valence electrons. The molecule has 36 heavy (non-hydrogen) atoms. The predicted octanol–water partition coefficient (Wildman–Crippen LogP) is 4.60. The molecule has 4 N–H and O–H groups in total. The average Bonchev–Trinajstić information content (AvgIpc) is 3.71. The Balaban J connectivity index is 1.71. The lowest BCUT2D eigenvalue weighted by atomic mass is 9.91. The summed E-state index contributed by atoms with van der Waals surface area (Å²) in [4.78, 5) is 26.5. The average molecular weight is 482 g/mol. The number of nitrogens with one attached hydrogen (secondary N) is 2. The number of fused-ring (bicyclic) bond motifs is 1. The maximum absolute atomic E-state index is 14.4.